The maximum Gasteiger partial charge on any atom is 0.192 e. The SMILES string of the molecule is CC(C)(C)[Si](C)(C)OC[C@@]12C[C@@H](O)C[C@]3(CCC=C[C@@H]3C1)O2. The van der Waals surface area contributed by atoms with Crippen molar-refractivity contribution in [1.82, 2.24) is 0 Å². The third-order valence-corrected chi connectivity index (χ3v) is 11.0. The van der Waals surface area contributed by atoms with Gasteiger partial charge in [0.15, 0.2) is 8.32 Å². The van der Waals surface area contributed by atoms with Crippen molar-refractivity contribution in [3.8, 4) is 0 Å². The highest BCUT2D eigenvalue weighted by Crippen LogP contribution is 2.56. The molecule has 2 bridgehead atoms. The van der Waals surface area contributed by atoms with Gasteiger partial charge in [-0.3, -0.25) is 0 Å². The first kappa shape index (κ1) is 16.7. The molecule has 1 spiro atoms. The molecular weight excluding hydrogens is 292 g/mol. The molecule has 2 fully saturated rings. The lowest BCUT2D eigenvalue weighted by Crippen LogP contribution is -2.52. The Kier molecular flexibility index (Phi) is 3.92. The van der Waals surface area contributed by atoms with E-state index in [2.05, 4.69) is 46.0 Å². The number of hydrogen-bond donors (Lipinski definition) is 1. The van der Waals surface area contributed by atoms with Crippen LogP contribution in [0, 0.1) is 5.92 Å². The van der Waals surface area contributed by atoms with Crippen LogP contribution in [-0.2, 0) is 9.16 Å². The van der Waals surface area contributed by atoms with Crippen LogP contribution in [0.4, 0.5) is 0 Å². The molecule has 0 amide bonds. The van der Waals surface area contributed by atoms with Crippen molar-refractivity contribution in [2.45, 2.75) is 88.3 Å². The summed E-state index contributed by atoms with van der Waals surface area (Å²) < 4.78 is 13.1. The fourth-order valence-electron chi connectivity index (χ4n) is 4.20. The minimum absolute atomic E-state index is 0.122. The number of allylic oxidation sites excluding steroid dienone is 1. The summed E-state index contributed by atoms with van der Waals surface area (Å²) >= 11 is 0. The minimum atomic E-state index is -1.79. The summed E-state index contributed by atoms with van der Waals surface area (Å²) in [5, 5.41) is 10.6. The van der Waals surface area contributed by atoms with E-state index in [0.29, 0.717) is 12.5 Å². The van der Waals surface area contributed by atoms with E-state index in [0.717, 1.165) is 32.1 Å². The van der Waals surface area contributed by atoms with Gasteiger partial charge in [-0.15, -0.1) is 0 Å². The third-order valence-electron chi connectivity index (χ3n) is 6.48. The fraction of sp³-hybridized carbons (Fsp3) is 0.889. The van der Waals surface area contributed by atoms with Crippen LogP contribution in [0.25, 0.3) is 0 Å². The van der Waals surface area contributed by atoms with Crippen LogP contribution in [0.2, 0.25) is 18.1 Å². The molecular formula is C18H32O3Si. The third kappa shape index (κ3) is 2.72. The summed E-state index contributed by atoms with van der Waals surface area (Å²) in [6.07, 6.45) is 9.03. The Balaban J connectivity index is 1.77. The highest BCUT2D eigenvalue weighted by Gasteiger charge is 2.60. The molecule has 4 atom stereocenters. The van der Waals surface area contributed by atoms with Gasteiger partial charge in [0.25, 0.3) is 0 Å². The van der Waals surface area contributed by atoms with Crippen LogP contribution < -0.4 is 0 Å². The summed E-state index contributed by atoms with van der Waals surface area (Å²) in [5.41, 5.74) is -0.393. The Morgan fingerprint density at radius 2 is 2.00 bits per heavy atom. The van der Waals surface area contributed by atoms with Gasteiger partial charge in [0.2, 0.25) is 0 Å². The molecule has 0 unspecified atom stereocenters. The second kappa shape index (κ2) is 5.17. The van der Waals surface area contributed by atoms with Gasteiger partial charge in [-0.1, -0.05) is 32.9 Å². The molecule has 3 nitrogen and oxygen atoms in total. The summed E-state index contributed by atoms with van der Waals surface area (Å²) in [6, 6.07) is 0. The van der Waals surface area contributed by atoms with Gasteiger partial charge in [0.1, 0.15) is 0 Å². The van der Waals surface area contributed by atoms with Gasteiger partial charge < -0.3 is 14.3 Å². The molecule has 0 aromatic carbocycles. The molecule has 0 aromatic heterocycles. The Hall–Kier alpha value is -0.163. The van der Waals surface area contributed by atoms with E-state index in [9.17, 15) is 5.11 Å². The Bertz CT molecular complexity index is 467. The lowest BCUT2D eigenvalue weighted by molar-refractivity contribution is -0.191. The van der Waals surface area contributed by atoms with Crippen LogP contribution in [0.15, 0.2) is 12.2 Å². The van der Waals surface area contributed by atoms with Gasteiger partial charge in [0.05, 0.1) is 23.9 Å². The van der Waals surface area contributed by atoms with Gasteiger partial charge in [-0.2, -0.15) is 0 Å². The summed E-state index contributed by atoms with van der Waals surface area (Å²) in [7, 11) is -1.79. The van der Waals surface area contributed by atoms with E-state index in [4.69, 9.17) is 9.16 Å². The van der Waals surface area contributed by atoms with E-state index < -0.39 is 8.32 Å². The van der Waals surface area contributed by atoms with Crippen molar-refractivity contribution < 1.29 is 14.3 Å². The number of aliphatic hydroxyl groups is 1. The maximum absolute atomic E-state index is 10.4. The predicted molar refractivity (Wildman–Crippen MR) is 91.4 cm³/mol. The molecule has 1 N–H and O–H groups in total. The lowest BCUT2D eigenvalue weighted by atomic mass is 9.77. The summed E-state index contributed by atoms with van der Waals surface area (Å²) in [5.74, 6) is 0.460. The van der Waals surface area contributed by atoms with E-state index in [1.54, 1.807) is 0 Å². The average molecular weight is 325 g/mol. The predicted octanol–water partition coefficient (Wildman–Crippen LogP) is 4.03. The average Bonchev–Trinajstić information content (AvgIpc) is 2.62. The van der Waals surface area contributed by atoms with Crippen LogP contribution in [0.3, 0.4) is 0 Å². The van der Waals surface area contributed by atoms with Crippen LogP contribution in [-0.4, -0.2) is 37.3 Å². The Labute approximate surface area is 136 Å². The van der Waals surface area contributed by atoms with Gasteiger partial charge in [0, 0.05) is 18.8 Å². The quantitative estimate of drug-likeness (QED) is 0.629. The number of aliphatic hydroxyl groups excluding tert-OH is 1. The van der Waals surface area contributed by atoms with Crippen LogP contribution in [0.1, 0.15) is 52.9 Å². The van der Waals surface area contributed by atoms with Crippen molar-refractivity contribution in [1.29, 1.82) is 0 Å². The minimum Gasteiger partial charge on any atom is -0.414 e. The molecule has 3 rings (SSSR count). The van der Waals surface area contributed by atoms with Crippen LogP contribution >= 0.6 is 0 Å². The summed E-state index contributed by atoms with van der Waals surface area (Å²) in [6.45, 7) is 12.0. The molecule has 126 valence electrons. The zero-order valence-electron chi connectivity index (χ0n) is 14.8. The van der Waals surface area contributed by atoms with E-state index in [1.807, 2.05) is 0 Å². The van der Waals surface area contributed by atoms with E-state index in [-0.39, 0.29) is 22.3 Å². The smallest absolute Gasteiger partial charge is 0.192 e. The van der Waals surface area contributed by atoms with Gasteiger partial charge in [-0.25, -0.2) is 0 Å². The molecule has 0 saturated carbocycles. The highest BCUT2D eigenvalue weighted by atomic mass is 28.4. The zero-order chi connectivity index (χ0) is 16.2. The van der Waals surface area contributed by atoms with Crippen molar-refractivity contribution in [3.05, 3.63) is 12.2 Å². The van der Waals surface area contributed by atoms with E-state index in [1.165, 1.54) is 0 Å². The van der Waals surface area contributed by atoms with Gasteiger partial charge >= 0.3 is 0 Å². The molecule has 2 saturated heterocycles. The molecule has 2 aliphatic heterocycles. The normalized spacial score (nSPS) is 41.5. The first-order chi connectivity index (χ1) is 10.1. The fourth-order valence-corrected chi connectivity index (χ4v) is 5.26. The number of ether oxygens (including phenoxy) is 1. The van der Waals surface area contributed by atoms with Crippen molar-refractivity contribution in [2.24, 2.45) is 5.92 Å². The highest BCUT2D eigenvalue weighted by molar-refractivity contribution is 6.74. The van der Waals surface area contributed by atoms with E-state index >= 15 is 0 Å². The second-order valence-electron chi connectivity index (χ2n) is 9.24. The number of rotatable bonds is 3. The standard InChI is InChI=1S/C18H32O3Si/c1-16(2,3)22(4,5)20-13-17-10-14-8-6-7-9-18(14,21-17)12-15(19)11-17/h6,8,14-15,19H,7,9-13H2,1-5H3/t14-,15-,17+,18+/m1/s1. The zero-order valence-corrected chi connectivity index (χ0v) is 15.8. The first-order valence-electron chi connectivity index (χ1n) is 8.77. The lowest BCUT2D eigenvalue weighted by Gasteiger charge is -2.46. The van der Waals surface area contributed by atoms with Gasteiger partial charge in [-0.05, 0) is 37.4 Å². The molecule has 0 radical (unpaired) electrons. The molecule has 1 aliphatic carbocycles. The first-order valence-corrected chi connectivity index (χ1v) is 11.7. The second-order valence-corrected chi connectivity index (χ2v) is 14.0. The largest absolute Gasteiger partial charge is 0.414 e. The molecule has 3 aliphatic rings. The molecule has 2 heterocycles. The monoisotopic (exact) mass is 324 g/mol. The maximum atomic E-state index is 10.4. The Morgan fingerprint density at radius 3 is 2.68 bits per heavy atom. The van der Waals surface area contributed by atoms with Crippen molar-refractivity contribution in [2.75, 3.05) is 6.61 Å². The molecule has 22 heavy (non-hydrogen) atoms. The Morgan fingerprint density at radius 1 is 1.27 bits per heavy atom. The summed E-state index contributed by atoms with van der Waals surface area (Å²) in [4.78, 5) is 0. The number of hydrogen-bond acceptors (Lipinski definition) is 3. The molecule has 4 heteroatoms. The van der Waals surface area contributed by atoms with Crippen molar-refractivity contribution in [3.63, 3.8) is 0 Å². The van der Waals surface area contributed by atoms with Crippen molar-refractivity contribution >= 4 is 8.32 Å². The van der Waals surface area contributed by atoms with Crippen LogP contribution in [0.5, 0.6) is 0 Å². The topological polar surface area (TPSA) is 38.7 Å². The molecule has 0 aromatic rings. The number of fused-ring (bicyclic) bond motifs is 1.